The molecule has 0 bridgehead atoms. The number of furan rings is 1. The van der Waals surface area contributed by atoms with E-state index in [4.69, 9.17) is 9.52 Å². The number of amides is 2. The van der Waals surface area contributed by atoms with Crippen molar-refractivity contribution in [3.05, 3.63) is 70.7 Å². The molecule has 4 rings (SSSR count). The lowest BCUT2D eigenvalue weighted by molar-refractivity contribution is -0.138. The zero-order valence-electron chi connectivity index (χ0n) is 19.2. The number of aliphatic hydroxyl groups excluding tert-OH is 1. The van der Waals surface area contributed by atoms with E-state index in [1.165, 1.54) is 30.2 Å². The second kappa shape index (κ2) is 9.33. The zero-order valence-corrected chi connectivity index (χ0v) is 19.2. The molecule has 1 fully saturated rings. The SMILES string of the molecule is Cc1cc(NC(=O)N2CCC(F)(c3ncc(-c4ccc(CO)o4)cc3C)CC2)ccc1C(F)(F)F. The van der Waals surface area contributed by atoms with Gasteiger partial charge in [-0.05, 0) is 61.4 Å². The molecule has 186 valence electrons. The summed E-state index contributed by atoms with van der Waals surface area (Å²) in [5, 5.41) is 11.8. The van der Waals surface area contributed by atoms with Gasteiger partial charge in [-0.2, -0.15) is 13.2 Å². The molecule has 1 saturated heterocycles. The number of rotatable bonds is 4. The van der Waals surface area contributed by atoms with Crippen molar-refractivity contribution >= 4 is 11.7 Å². The van der Waals surface area contributed by atoms with E-state index in [1.807, 2.05) is 0 Å². The first-order valence-corrected chi connectivity index (χ1v) is 11.1. The number of carbonyl (C=O) groups excluding carboxylic acids is 1. The first-order chi connectivity index (χ1) is 16.5. The number of aryl methyl sites for hydroxylation is 2. The zero-order chi connectivity index (χ0) is 25.4. The number of aliphatic hydroxyl groups is 1. The van der Waals surface area contributed by atoms with Gasteiger partial charge in [-0.25, -0.2) is 9.18 Å². The number of aromatic nitrogens is 1. The van der Waals surface area contributed by atoms with Crippen LogP contribution in [0.25, 0.3) is 11.3 Å². The summed E-state index contributed by atoms with van der Waals surface area (Å²) in [6.07, 6.45) is -2.87. The summed E-state index contributed by atoms with van der Waals surface area (Å²) in [5.74, 6) is 0.940. The molecule has 0 saturated carbocycles. The van der Waals surface area contributed by atoms with E-state index in [-0.39, 0.29) is 43.8 Å². The van der Waals surface area contributed by atoms with Gasteiger partial charge in [0.2, 0.25) is 0 Å². The molecule has 35 heavy (non-hydrogen) atoms. The van der Waals surface area contributed by atoms with Crippen LogP contribution in [-0.4, -0.2) is 34.1 Å². The molecule has 2 amide bonds. The van der Waals surface area contributed by atoms with Crippen LogP contribution in [-0.2, 0) is 18.5 Å². The molecule has 2 aromatic heterocycles. The minimum atomic E-state index is -4.46. The second-order valence-corrected chi connectivity index (χ2v) is 8.72. The Kier molecular flexibility index (Phi) is 6.59. The fourth-order valence-electron chi connectivity index (χ4n) is 4.36. The van der Waals surface area contributed by atoms with Crippen molar-refractivity contribution in [3.8, 4) is 11.3 Å². The molecular weight excluding hydrogens is 466 g/mol. The van der Waals surface area contributed by atoms with Gasteiger partial charge in [0.15, 0.2) is 5.67 Å². The normalized spacial score (nSPS) is 15.8. The largest absolute Gasteiger partial charge is 0.459 e. The first-order valence-electron chi connectivity index (χ1n) is 11.1. The van der Waals surface area contributed by atoms with Crippen molar-refractivity contribution < 1.29 is 31.9 Å². The molecule has 0 aliphatic carbocycles. The highest BCUT2D eigenvalue weighted by molar-refractivity contribution is 5.89. The topological polar surface area (TPSA) is 78.6 Å². The van der Waals surface area contributed by atoms with Crippen LogP contribution in [0.2, 0.25) is 0 Å². The molecule has 10 heteroatoms. The standard InChI is InChI=1S/C25H25F4N3O3/c1-15-12-18(3-5-20(15)25(27,28)29)31-23(34)32-9-7-24(26,8-10-32)22-16(2)11-17(13-30-22)21-6-4-19(14-33)35-21/h3-6,11-13,33H,7-10,14H2,1-2H3,(H,31,34). The van der Waals surface area contributed by atoms with E-state index < -0.39 is 23.4 Å². The minimum absolute atomic E-state index is 0.00356. The van der Waals surface area contributed by atoms with Gasteiger partial charge in [0.1, 0.15) is 18.1 Å². The quantitative estimate of drug-likeness (QED) is 0.442. The number of piperidine rings is 1. The molecule has 0 unspecified atom stereocenters. The molecule has 6 nitrogen and oxygen atoms in total. The number of hydrogen-bond donors (Lipinski definition) is 2. The van der Waals surface area contributed by atoms with Crippen molar-refractivity contribution in [1.29, 1.82) is 0 Å². The highest BCUT2D eigenvalue weighted by Gasteiger charge is 2.40. The van der Waals surface area contributed by atoms with Gasteiger partial charge >= 0.3 is 12.2 Å². The number of halogens is 4. The summed E-state index contributed by atoms with van der Waals surface area (Å²) in [5.41, 5.74) is -0.622. The lowest BCUT2D eigenvalue weighted by atomic mass is 9.87. The van der Waals surface area contributed by atoms with E-state index in [1.54, 1.807) is 25.1 Å². The molecule has 0 atom stereocenters. The van der Waals surface area contributed by atoms with Crippen LogP contribution in [0.15, 0.2) is 47.0 Å². The molecule has 1 aliphatic heterocycles. The summed E-state index contributed by atoms with van der Waals surface area (Å²) in [7, 11) is 0. The predicted octanol–water partition coefficient (Wildman–Crippen LogP) is 5.96. The molecule has 1 aliphatic rings. The molecule has 0 spiro atoms. The van der Waals surface area contributed by atoms with Gasteiger partial charge in [0.25, 0.3) is 0 Å². The lowest BCUT2D eigenvalue weighted by Crippen LogP contribution is -2.45. The fourth-order valence-corrected chi connectivity index (χ4v) is 4.36. The number of carbonyl (C=O) groups is 1. The highest BCUT2D eigenvalue weighted by atomic mass is 19.4. The van der Waals surface area contributed by atoms with Crippen molar-refractivity contribution in [2.45, 2.75) is 45.1 Å². The molecule has 3 aromatic rings. The molecule has 3 heterocycles. The third-order valence-corrected chi connectivity index (χ3v) is 6.23. The highest BCUT2D eigenvalue weighted by Crippen LogP contribution is 2.39. The second-order valence-electron chi connectivity index (χ2n) is 8.72. The van der Waals surface area contributed by atoms with E-state index in [0.717, 1.165) is 6.07 Å². The van der Waals surface area contributed by atoms with Crippen LogP contribution in [0.3, 0.4) is 0 Å². The van der Waals surface area contributed by atoms with E-state index in [2.05, 4.69) is 10.3 Å². The summed E-state index contributed by atoms with van der Waals surface area (Å²) < 4.78 is 60.2. The van der Waals surface area contributed by atoms with Gasteiger partial charge in [0, 0.05) is 43.4 Å². The van der Waals surface area contributed by atoms with Crippen LogP contribution in [0, 0.1) is 13.8 Å². The fraction of sp³-hybridized carbons (Fsp3) is 0.360. The van der Waals surface area contributed by atoms with E-state index in [9.17, 15) is 18.0 Å². The summed E-state index contributed by atoms with van der Waals surface area (Å²) >= 11 is 0. The van der Waals surface area contributed by atoms with Crippen molar-refractivity contribution in [1.82, 2.24) is 9.88 Å². The predicted molar refractivity (Wildman–Crippen MR) is 121 cm³/mol. The Morgan fingerprint density at radius 1 is 1.14 bits per heavy atom. The first kappa shape index (κ1) is 24.7. The van der Waals surface area contributed by atoms with Crippen LogP contribution in [0.5, 0.6) is 0 Å². The Balaban J connectivity index is 1.41. The van der Waals surface area contributed by atoms with Crippen LogP contribution in [0.4, 0.5) is 28.0 Å². The number of nitrogens with one attached hydrogen (secondary N) is 1. The Bertz CT molecular complexity index is 1230. The summed E-state index contributed by atoms with van der Waals surface area (Å²) in [4.78, 5) is 18.4. The van der Waals surface area contributed by atoms with Crippen molar-refractivity contribution in [3.63, 3.8) is 0 Å². The average molecular weight is 491 g/mol. The molecule has 1 aromatic carbocycles. The number of likely N-dealkylation sites (tertiary alicyclic amines) is 1. The van der Waals surface area contributed by atoms with Gasteiger partial charge < -0.3 is 19.7 Å². The van der Waals surface area contributed by atoms with Gasteiger partial charge in [-0.3, -0.25) is 4.98 Å². The monoisotopic (exact) mass is 491 g/mol. The molecule has 2 N–H and O–H groups in total. The van der Waals surface area contributed by atoms with Crippen molar-refractivity contribution in [2.75, 3.05) is 18.4 Å². The number of benzene rings is 1. The maximum absolute atomic E-state index is 15.8. The van der Waals surface area contributed by atoms with Crippen LogP contribution < -0.4 is 5.32 Å². The summed E-state index contributed by atoms with van der Waals surface area (Å²) in [6.45, 7) is 3.12. The number of anilines is 1. The maximum Gasteiger partial charge on any atom is 0.416 e. The number of urea groups is 1. The van der Waals surface area contributed by atoms with Gasteiger partial charge in [0.05, 0.1) is 11.3 Å². The number of alkyl halides is 4. The number of pyridine rings is 1. The van der Waals surface area contributed by atoms with Crippen LogP contribution >= 0.6 is 0 Å². The minimum Gasteiger partial charge on any atom is -0.459 e. The third kappa shape index (κ3) is 5.17. The van der Waals surface area contributed by atoms with E-state index >= 15 is 4.39 Å². The third-order valence-electron chi connectivity index (χ3n) is 6.23. The van der Waals surface area contributed by atoms with Gasteiger partial charge in [-0.1, -0.05) is 0 Å². The van der Waals surface area contributed by atoms with Crippen LogP contribution in [0.1, 0.15) is 41.0 Å². The smallest absolute Gasteiger partial charge is 0.416 e. The lowest BCUT2D eigenvalue weighted by Gasteiger charge is -2.36. The van der Waals surface area contributed by atoms with Crippen molar-refractivity contribution in [2.24, 2.45) is 0 Å². The number of hydrogen-bond acceptors (Lipinski definition) is 4. The average Bonchev–Trinajstić information content (AvgIpc) is 3.28. The Hall–Kier alpha value is -3.40. The molecule has 0 radical (unpaired) electrons. The Labute approximate surface area is 199 Å². The van der Waals surface area contributed by atoms with Gasteiger partial charge in [-0.15, -0.1) is 0 Å². The Morgan fingerprint density at radius 3 is 2.43 bits per heavy atom. The van der Waals surface area contributed by atoms with E-state index in [0.29, 0.717) is 28.3 Å². The number of nitrogens with zero attached hydrogens (tertiary/aromatic N) is 2. The maximum atomic E-state index is 15.8. The molecular formula is C25H25F4N3O3. The Morgan fingerprint density at radius 2 is 1.86 bits per heavy atom. The summed E-state index contributed by atoms with van der Waals surface area (Å²) in [6, 6.07) is 8.04.